The van der Waals surface area contributed by atoms with Gasteiger partial charge >= 0.3 is 5.69 Å². The minimum atomic E-state index is -1.04. The first kappa shape index (κ1) is 11.4. The van der Waals surface area contributed by atoms with Crippen molar-refractivity contribution >= 4 is 5.69 Å². The van der Waals surface area contributed by atoms with E-state index >= 15 is 0 Å². The van der Waals surface area contributed by atoms with E-state index in [9.17, 15) is 19.6 Å². The van der Waals surface area contributed by atoms with Gasteiger partial charge in [-0.15, -0.1) is 0 Å². The second-order valence-electron chi connectivity index (χ2n) is 3.19. The Morgan fingerprint density at radius 2 is 2.27 bits per heavy atom. The van der Waals surface area contributed by atoms with E-state index in [1.165, 1.54) is 19.1 Å². The molecule has 0 aliphatic rings. The predicted molar refractivity (Wildman–Crippen MR) is 52.4 cm³/mol. The van der Waals surface area contributed by atoms with Crippen LogP contribution < -0.4 is 5.73 Å². The molecule has 82 valence electrons. The number of nitrogens with zero attached hydrogens (tertiary/aromatic N) is 1. The Hall–Kier alpha value is -1.69. The zero-order valence-corrected chi connectivity index (χ0v) is 8.11. The maximum absolute atomic E-state index is 12.3. The first-order chi connectivity index (χ1) is 6.99. The highest BCUT2D eigenvalue weighted by atomic mass is 19.1. The van der Waals surface area contributed by atoms with Crippen LogP contribution in [0.5, 0.6) is 5.75 Å². The molecule has 1 atom stereocenters. The quantitative estimate of drug-likeness (QED) is 0.590. The molecule has 1 rings (SSSR count). The van der Waals surface area contributed by atoms with Gasteiger partial charge in [-0.1, -0.05) is 12.1 Å². The number of aromatic hydroxyl groups is 1. The van der Waals surface area contributed by atoms with Gasteiger partial charge in [0.2, 0.25) is 0 Å². The van der Waals surface area contributed by atoms with E-state index in [-0.39, 0.29) is 5.56 Å². The standard InChI is InChI=1S/C9H11FN2O3/c1-5-2-3-6(7(11)4-10)9(13)8(5)12(14)15/h2-3,7,13H,4,11H2,1H3/t7-/m1/s1. The van der Waals surface area contributed by atoms with Crippen LogP contribution in [-0.4, -0.2) is 16.7 Å². The Balaban J connectivity index is 3.34. The molecule has 6 heteroatoms. The number of benzene rings is 1. The SMILES string of the molecule is Cc1ccc([C@H](N)CF)c(O)c1[N+](=O)[O-]. The monoisotopic (exact) mass is 214 g/mol. The van der Waals surface area contributed by atoms with Crippen molar-refractivity contribution in [2.75, 3.05) is 6.67 Å². The molecule has 1 aromatic rings. The molecule has 0 amide bonds. The Bertz CT molecular complexity index is 395. The Kier molecular flexibility index (Phi) is 3.21. The summed E-state index contributed by atoms with van der Waals surface area (Å²) in [5, 5.41) is 20.2. The van der Waals surface area contributed by atoms with Gasteiger partial charge in [-0.25, -0.2) is 4.39 Å². The molecule has 0 spiro atoms. The molecule has 0 bridgehead atoms. The molecule has 0 saturated carbocycles. The third kappa shape index (κ3) is 2.04. The van der Waals surface area contributed by atoms with Crippen LogP contribution in [-0.2, 0) is 0 Å². The number of rotatable bonds is 3. The van der Waals surface area contributed by atoms with Gasteiger partial charge < -0.3 is 10.8 Å². The van der Waals surface area contributed by atoms with Crippen molar-refractivity contribution in [1.29, 1.82) is 0 Å². The lowest BCUT2D eigenvalue weighted by Crippen LogP contribution is -2.13. The molecule has 0 fully saturated rings. The number of hydrogen-bond donors (Lipinski definition) is 2. The molecule has 0 heterocycles. The van der Waals surface area contributed by atoms with Crippen molar-refractivity contribution in [1.82, 2.24) is 0 Å². The number of nitro benzene ring substituents is 1. The van der Waals surface area contributed by atoms with Crippen molar-refractivity contribution in [3.63, 3.8) is 0 Å². The third-order valence-electron chi connectivity index (χ3n) is 2.13. The zero-order chi connectivity index (χ0) is 11.6. The van der Waals surface area contributed by atoms with Gasteiger partial charge in [0, 0.05) is 11.1 Å². The first-order valence-electron chi connectivity index (χ1n) is 4.27. The van der Waals surface area contributed by atoms with Gasteiger partial charge in [0.05, 0.1) is 11.0 Å². The Morgan fingerprint density at radius 3 is 2.73 bits per heavy atom. The van der Waals surface area contributed by atoms with E-state index in [2.05, 4.69) is 0 Å². The van der Waals surface area contributed by atoms with E-state index < -0.39 is 29.1 Å². The number of nitro groups is 1. The van der Waals surface area contributed by atoms with E-state index in [0.29, 0.717) is 5.56 Å². The lowest BCUT2D eigenvalue weighted by molar-refractivity contribution is -0.386. The number of phenolic OH excluding ortho intramolecular Hbond substituents is 1. The van der Waals surface area contributed by atoms with Crippen LogP contribution in [0.25, 0.3) is 0 Å². The second-order valence-corrected chi connectivity index (χ2v) is 3.19. The molecule has 0 aliphatic heterocycles. The molecule has 0 unspecified atom stereocenters. The van der Waals surface area contributed by atoms with Crippen LogP contribution in [0, 0.1) is 17.0 Å². The minimum absolute atomic E-state index is 0.0507. The highest BCUT2D eigenvalue weighted by Gasteiger charge is 2.23. The fourth-order valence-corrected chi connectivity index (χ4v) is 1.31. The number of aryl methyl sites for hydroxylation is 1. The average Bonchev–Trinajstić information content (AvgIpc) is 2.16. The summed E-state index contributed by atoms with van der Waals surface area (Å²) in [7, 11) is 0. The highest BCUT2D eigenvalue weighted by Crippen LogP contribution is 2.35. The molecular weight excluding hydrogens is 203 g/mol. The van der Waals surface area contributed by atoms with Crippen LogP contribution in [0.1, 0.15) is 17.2 Å². The van der Waals surface area contributed by atoms with Crippen LogP contribution >= 0.6 is 0 Å². The predicted octanol–water partition coefficient (Wildman–Crippen LogP) is 1.58. The normalized spacial score (nSPS) is 12.5. The molecule has 1 aromatic carbocycles. The maximum atomic E-state index is 12.3. The number of alkyl halides is 1. The van der Waals surface area contributed by atoms with Gasteiger partial charge in [0.25, 0.3) is 0 Å². The topological polar surface area (TPSA) is 89.4 Å². The number of hydrogen-bond acceptors (Lipinski definition) is 4. The largest absolute Gasteiger partial charge is 0.502 e. The molecule has 5 nitrogen and oxygen atoms in total. The summed E-state index contributed by atoms with van der Waals surface area (Å²) >= 11 is 0. The lowest BCUT2D eigenvalue weighted by atomic mass is 10.0. The molecule has 0 aliphatic carbocycles. The lowest BCUT2D eigenvalue weighted by Gasteiger charge is -2.10. The van der Waals surface area contributed by atoms with Crippen molar-refractivity contribution < 1.29 is 14.4 Å². The molecule has 0 radical (unpaired) electrons. The fourth-order valence-electron chi connectivity index (χ4n) is 1.31. The van der Waals surface area contributed by atoms with Gasteiger partial charge in [-0.05, 0) is 6.92 Å². The Labute approximate surface area is 85.5 Å². The summed E-state index contributed by atoms with van der Waals surface area (Å²) in [6.07, 6.45) is 0. The summed E-state index contributed by atoms with van der Waals surface area (Å²) in [4.78, 5) is 9.91. The Morgan fingerprint density at radius 1 is 1.67 bits per heavy atom. The third-order valence-corrected chi connectivity index (χ3v) is 2.13. The molecule has 15 heavy (non-hydrogen) atoms. The smallest absolute Gasteiger partial charge is 0.313 e. The summed E-state index contributed by atoms with van der Waals surface area (Å²) in [5.74, 6) is -0.551. The summed E-state index contributed by atoms with van der Waals surface area (Å²) in [6.45, 7) is 0.608. The van der Waals surface area contributed by atoms with Crippen molar-refractivity contribution in [3.8, 4) is 5.75 Å². The zero-order valence-electron chi connectivity index (χ0n) is 8.11. The molecular formula is C9H11FN2O3. The van der Waals surface area contributed by atoms with Crippen LogP contribution in [0.2, 0.25) is 0 Å². The average molecular weight is 214 g/mol. The molecule has 0 saturated heterocycles. The minimum Gasteiger partial charge on any atom is -0.502 e. The van der Waals surface area contributed by atoms with Gasteiger partial charge in [-0.2, -0.15) is 0 Å². The number of halogens is 1. The number of nitrogens with two attached hydrogens (primary N) is 1. The molecule has 3 N–H and O–H groups in total. The van der Waals surface area contributed by atoms with Crippen molar-refractivity contribution in [2.45, 2.75) is 13.0 Å². The highest BCUT2D eigenvalue weighted by molar-refractivity contribution is 5.56. The first-order valence-corrected chi connectivity index (χ1v) is 4.27. The van der Waals surface area contributed by atoms with E-state index in [0.717, 1.165) is 0 Å². The van der Waals surface area contributed by atoms with Crippen molar-refractivity contribution in [2.24, 2.45) is 5.73 Å². The van der Waals surface area contributed by atoms with E-state index in [4.69, 9.17) is 5.73 Å². The van der Waals surface area contributed by atoms with E-state index in [1.54, 1.807) is 0 Å². The fraction of sp³-hybridized carbons (Fsp3) is 0.333. The van der Waals surface area contributed by atoms with Crippen LogP contribution in [0.3, 0.4) is 0 Å². The number of phenols is 1. The van der Waals surface area contributed by atoms with Crippen molar-refractivity contribution in [3.05, 3.63) is 33.4 Å². The second kappa shape index (κ2) is 4.22. The van der Waals surface area contributed by atoms with Gasteiger partial charge in [-0.3, -0.25) is 10.1 Å². The van der Waals surface area contributed by atoms with E-state index in [1.807, 2.05) is 0 Å². The van der Waals surface area contributed by atoms with Gasteiger partial charge in [0.1, 0.15) is 6.67 Å². The summed E-state index contributed by atoms with van der Waals surface area (Å²) in [6, 6.07) is 1.79. The summed E-state index contributed by atoms with van der Waals surface area (Å²) < 4.78 is 12.3. The molecule has 0 aromatic heterocycles. The summed E-state index contributed by atoms with van der Waals surface area (Å²) in [5.41, 5.74) is 5.30. The van der Waals surface area contributed by atoms with Crippen LogP contribution in [0.4, 0.5) is 10.1 Å². The van der Waals surface area contributed by atoms with Crippen LogP contribution in [0.15, 0.2) is 12.1 Å². The maximum Gasteiger partial charge on any atom is 0.313 e. The van der Waals surface area contributed by atoms with Gasteiger partial charge in [0.15, 0.2) is 5.75 Å².